The van der Waals surface area contributed by atoms with Crippen molar-refractivity contribution in [1.29, 1.82) is 0 Å². The van der Waals surface area contributed by atoms with Crippen LogP contribution in [0, 0.1) is 5.92 Å². The van der Waals surface area contributed by atoms with E-state index in [2.05, 4.69) is 0 Å². The molecule has 1 aliphatic carbocycles. The number of rotatable bonds is 4. The summed E-state index contributed by atoms with van der Waals surface area (Å²) in [5.74, 6) is 0.105. The predicted octanol–water partition coefficient (Wildman–Crippen LogP) is 2.63. The topological polar surface area (TPSA) is 32.7 Å². The molecule has 19 heavy (non-hydrogen) atoms. The van der Waals surface area contributed by atoms with E-state index in [0.29, 0.717) is 29.1 Å². The molecule has 0 bridgehead atoms. The summed E-state index contributed by atoms with van der Waals surface area (Å²) in [4.78, 5) is 0.543. The lowest BCUT2D eigenvalue weighted by Crippen LogP contribution is -2.43. The molecule has 0 saturated heterocycles. The van der Waals surface area contributed by atoms with Crippen molar-refractivity contribution in [3.63, 3.8) is 0 Å². The number of nitrogens with zero attached hydrogens (tertiary/aromatic N) is 1. The fourth-order valence-electron chi connectivity index (χ4n) is 2.96. The molecule has 0 unspecified atom stereocenters. The zero-order chi connectivity index (χ0) is 18.9. The van der Waals surface area contributed by atoms with E-state index in [0.717, 1.165) is 12.8 Å². The summed E-state index contributed by atoms with van der Waals surface area (Å²) in [6.45, 7) is -5.73. The molecule has 1 aromatic carbocycles. The van der Waals surface area contributed by atoms with Crippen LogP contribution in [0.4, 0.5) is 0 Å². The van der Waals surface area contributed by atoms with Crippen molar-refractivity contribution >= 4 is 0 Å². The minimum atomic E-state index is -2.75. The predicted molar refractivity (Wildman–Crippen MR) is 77.4 cm³/mol. The molecule has 0 radical (unpaired) electrons. The Balaban J connectivity index is 2.36. The van der Waals surface area contributed by atoms with Crippen LogP contribution in [0.1, 0.15) is 39.5 Å². The van der Waals surface area contributed by atoms with E-state index in [9.17, 15) is 5.11 Å². The summed E-state index contributed by atoms with van der Waals surface area (Å²) in [5, 5.41) is 11.4. The van der Waals surface area contributed by atoms with Crippen LogP contribution >= 0.6 is 0 Å². The third kappa shape index (κ3) is 3.10. The molecule has 1 fully saturated rings. The average Bonchev–Trinajstić information content (AvgIpc) is 2.51. The highest BCUT2D eigenvalue weighted by Crippen LogP contribution is 2.42. The highest BCUT2D eigenvalue weighted by atomic mass is 16.5. The van der Waals surface area contributed by atoms with Gasteiger partial charge < -0.3 is 14.7 Å². The maximum absolute atomic E-state index is 11.4. The van der Waals surface area contributed by atoms with E-state index in [4.69, 9.17) is 13.0 Å². The summed E-state index contributed by atoms with van der Waals surface area (Å²) in [6, 6.07) is 7.04. The Labute approximate surface area is 124 Å². The molecular weight excluding hydrogens is 238 g/mol. The van der Waals surface area contributed by atoms with Gasteiger partial charge in [0.15, 0.2) is 0 Å². The molecule has 3 heteroatoms. The number of hydrogen-bond donors (Lipinski definition) is 1. The highest BCUT2D eigenvalue weighted by Gasteiger charge is 2.40. The first-order valence-electron chi connectivity index (χ1n) is 9.63. The van der Waals surface area contributed by atoms with Gasteiger partial charge in [-0.25, -0.2) is 0 Å². The maximum Gasteiger partial charge on any atom is 0.119 e. The van der Waals surface area contributed by atoms with Crippen molar-refractivity contribution in [2.24, 2.45) is 5.92 Å². The first kappa shape index (κ1) is 8.28. The van der Waals surface area contributed by atoms with Crippen molar-refractivity contribution in [3.8, 4) is 5.75 Å². The van der Waals surface area contributed by atoms with Crippen molar-refractivity contribution in [2.75, 3.05) is 27.6 Å². The highest BCUT2D eigenvalue weighted by molar-refractivity contribution is 5.33. The van der Waals surface area contributed by atoms with E-state index in [-0.39, 0.29) is 6.54 Å². The molecule has 0 amide bonds. The molecule has 0 aliphatic heterocycles. The lowest BCUT2D eigenvalue weighted by molar-refractivity contribution is -0.0619. The first-order chi connectivity index (χ1) is 11.5. The van der Waals surface area contributed by atoms with Gasteiger partial charge in [0.2, 0.25) is 0 Å². The molecule has 2 atom stereocenters. The molecule has 106 valence electrons. The average molecular weight is 269 g/mol. The van der Waals surface area contributed by atoms with Crippen LogP contribution in [-0.2, 0) is 5.60 Å². The molecule has 1 saturated carbocycles. The summed E-state index contributed by atoms with van der Waals surface area (Å²) < 4.78 is 50.6. The van der Waals surface area contributed by atoms with Gasteiger partial charge in [-0.3, -0.25) is 0 Å². The van der Waals surface area contributed by atoms with Gasteiger partial charge in [-0.15, -0.1) is 0 Å². The Hall–Kier alpha value is -1.06. The second-order valence-corrected chi connectivity index (χ2v) is 5.21. The quantitative estimate of drug-likeness (QED) is 0.912. The number of ether oxygens (including phenoxy) is 1. The van der Waals surface area contributed by atoms with Crippen molar-refractivity contribution in [2.45, 2.75) is 31.3 Å². The smallest absolute Gasteiger partial charge is 0.119 e. The lowest BCUT2D eigenvalue weighted by atomic mass is 9.71. The second-order valence-electron chi connectivity index (χ2n) is 5.21. The minimum Gasteiger partial charge on any atom is -0.497 e. The summed E-state index contributed by atoms with van der Waals surface area (Å²) in [7, 11) is 1.53. The van der Waals surface area contributed by atoms with E-state index in [1.165, 1.54) is 7.11 Å². The molecule has 0 aromatic heterocycles. The Morgan fingerprint density at radius 2 is 2.32 bits per heavy atom. The fraction of sp³-hybridized carbons (Fsp3) is 0.625. The van der Waals surface area contributed by atoms with Crippen LogP contribution in [-0.4, -0.2) is 37.6 Å². The van der Waals surface area contributed by atoms with Crippen LogP contribution in [0.5, 0.6) is 5.75 Å². The Morgan fingerprint density at radius 1 is 1.47 bits per heavy atom. The zero-order valence-corrected chi connectivity index (χ0v) is 11.2. The molecule has 0 heterocycles. The molecule has 1 aromatic rings. The van der Waals surface area contributed by atoms with Gasteiger partial charge in [0.05, 0.1) is 12.7 Å². The SMILES string of the molecule is [2H]C([2H])([2H])N(C[C@@H]1CCCC[C@]1(O)c1cccc(OC)c1)C([2H])([2H])[2H]. The molecule has 1 aliphatic rings. The van der Waals surface area contributed by atoms with Gasteiger partial charge in [-0.2, -0.15) is 0 Å². The monoisotopic (exact) mass is 269 g/mol. The van der Waals surface area contributed by atoms with Crippen LogP contribution in [0.3, 0.4) is 0 Å². The maximum atomic E-state index is 11.4. The van der Waals surface area contributed by atoms with Gasteiger partial charge in [-0.1, -0.05) is 25.0 Å². The minimum absolute atomic E-state index is 0.222. The summed E-state index contributed by atoms with van der Waals surface area (Å²) in [6.07, 6.45) is 2.65. The van der Waals surface area contributed by atoms with Crippen molar-refractivity contribution in [3.05, 3.63) is 29.8 Å². The number of benzene rings is 1. The van der Waals surface area contributed by atoms with E-state index >= 15 is 0 Å². The lowest BCUT2D eigenvalue weighted by Gasteiger charge is -2.41. The van der Waals surface area contributed by atoms with E-state index in [1.807, 2.05) is 0 Å². The fourth-order valence-corrected chi connectivity index (χ4v) is 2.96. The van der Waals surface area contributed by atoms with Gasteiger partial charge >= 0.3 is 0 Å². The van der Waals surface area contributed by atoms with Gasteiger partial charge in [0, 0.05) is 20.7 Å². The van der Waals surface area contributed by atoms with Crippen molar-refractivity contribution < 1.29 is 18.1 Å². The van der Waals surface area contributed by atoms with E-state index < -0.39 is 25.5 Å². The second kappa shape index (κ2) is 5.93. The molecule has 3 nitrogen and oxygen atoms in total. The standard InChI is InChI=1S/C16H25NO2/c1-17(2)12-14-7-4-5-10-16(14,18)13-8-6-9-15(11-13)19-3/h6,8-9,11,14,18H,4-5,7,10,12H2,1-3H3/t14-,16-/m0/s1/i1D3,2D3. The van der Waals surface area contributed by atoms with Crippen LogP contribution in [0.15, 0.2) is 24.3 Å². The van der Waals surface area contributed by atoms with Crippen LogP contribution in [0.2, 0.25) is 0 Å². The van der Waals surface area contributed by atoms with Crippen molar-refractivity contribution in [1.82, 2.24) is 4.90 Å². The number of hydrogen-bond acceptors (Lipinski definition) is 3. The normalized spacial score (nSPS) is 33.5. The van der Waals surface area contributed by atoms with Gasteiger partial charge in [0.25, 0.3) is 0 Å². The third-order valence-corrected chi connectivity index (χ3v) is 4.01. The largest absolute Gasteiger partial charge is 0.497 e. The van der Waals surface area contributed by atoms with E-state index in [1.54, 1.807) is 24.3 Å². The molecular formula is C16H25NO2. The molecule has 0 spiro atoms. The number of aliphatic hydroxyl groups is 1. The van der Waals surface area contributed by atoms with Gasteiger partial charge in [-0.05, 0) is 44.5 Å². The first-order valence-corrected chi connectivity index (χ1v) is 6.63. The number of methoxy groups -OCH3 is 1. The Kier molecular flexibility index (Phi) is 2.58. The molecule has 1 N–H and O–H groups in total. The molecule has 2 rings (SSSR count). The summed E-state index contributed by atoms with van der Waals surface area (Å²) >= 11 is 0. The Morgan fingerprint density at radius 3 is 3.05 bits per heavy atom. The van der Waals surface area contributed by atoms with Crippen LogP contribution < -0.4 is 4.74 Å². The summed E-state index contributed by atoms with van der Waals surface area (Å²) in [5.41, 5.74) is -0.644. The zero-order valence-electron chi connectivity index (χ0n) is 17.2. The van der Waals surface area contributed by atoms with Crippen LogP contribution in [0.25, 0.3) is 0 Å². The third-order valence-electron chi connectivity index (χ3n) is 4.01. The Bertz CT molecular complexity index is 575. The van der Waals surface area contributed by atoms with Gasteiger partial charge in [0.1, 0.15) is 5.75 Å².